The molecule has 1 saturated carbocycles. The minimum atomic E-state index is -5.02. The van der Waals surface area contributed by atoms with Crippen molar-refractivity contribution in [3.05, 3.63) is 48.6 Å². The van der Waals surface area contributed by atoms with Crippen molar-refractivity contribution in [2.75, 3.05) is 19.8 Å². The van der Waals surface area contributed by atoms with Gasteiger partial charge in [0.2, 0.25) is 0 Å². The van der Waals surface area contributed by atoms with E-state index in [1.807, 2.05) is 0 Å². The van der Waals surface area contributed by atoms with E-state index in [1.165, 1.54) is 51.4 Å². The van der Waals surface area contributed by atoms with Gasteiger partial charge in [-0.3, -0.25) is 13.8 Å². The Morgan fingerprint density at radius 1 is 0.552 bits per heavy atom. The van der Waals surface area contributed by atoms with Crippen molar-refractivity contribution >= 4 is 13.8 Å². The SMILES string of the molecule is CCC/C=C\C/C=C\CCCCCCCCOCC(COP(=O)(O)OC1C(O)C(O)C(O)C(O)C1O)OC(=O)CCCCCCCCC/C=C\C/C=C\CCCCC. The van der Waals surface area contributed by atoms with E-state index in [9.17, 15) is 39.8 Å². The first-order chi connectivity index (χ1) is 28.0. The third kappa shape index (κ3) is 27.9. The Kier molecular flexibility index (Phi) is 33.7. The van der Waals surface area contributed by atoms with Crippen LogP contribution in [-0.4, -0.2) is 98.9 Å². The van der Waals surface area contributed by atoms with Gasteiger partial charge < -0.3 is 39.9 Å². The van der Waals surface area contributed by atoms with Crippen LogP contribution in [0.5, 0.6) is 0 Å². The topological polar surface area (TPSA) is 192 Å². The number of allylic oxidation sites excluding steroid dienone is 8. The van der Waals surface area contributed by atoms with Gasteiger partial charge in [-0.1, -0.05) is 140 Å². The summed E-state index contributed by atoms with van der Waals surface area (Å²) in [5, 5.41) is 50.1. The fourth-order valence-corrected chi connectivity index (χ4v) is 7.51. The average Bonchev–Trinajstić information content (AvgIpc) is 3.21. The van der Waals surface area contributed by atoms with Crippen molar-refractivity contribution < 1.29 is 58.3 Å². The summed E-state index contributed by atoms with van der Waals surface area (Å²) < 4.78 is 34.1. The third-order valence-electron chi connectivity index (χ3n) is 10.2. The molecule has 1 rings (SSSR count). The number of phosphoric acid groups is 1. The van der Waals surface area contributed by atoms with Gasteiger partial charge in [0.05, 0.1) is 13.2 Å². The maximum atomic E-state index is 12.8. The van der Waals surface area contributed by atoms with Gasteiger partial charge >= 0.3 is 13.8 Å². The first-order valence-corrected chi connectivity index (χ1v) is 24.0. The molecule has 0 heterocycles. The minimum absolute atomic E-state index is 0.0884. The molecule has 338 valence electrons. The first kappa shape index (κ1) is 54.3. The molecule has 6 unspecified atom stereocenters. The summed E-state index contributed by atoms with van der Waals surface area (Å²) in [6, 6.07) is 0. The Bertz CT molecular complexity index is 1140. The van der Waals surface area contributed by atoms with Crippen molar-refractivity contribution in [3.8, 4) is 0 Å². The lowest BCUT2D eigenvalue weighted by Gasteiger charge is -2.41. The molecule has 0 amide bonds. The van der Waals surface area contributed by atoms with Crippen molar-refractivity contribution in [1.82, 2.24) is 0 Å². The molecule has 13 heteroatoms. The van der Waals surface area contributed by atoms with Crippen LogP contribution in [0.25, 0.3) is 0 Å². The van der Waals surface area contributed by atoms with Crippen molar-refractivity contribution in [1.29, 1.82) is 0 Å². The summed E-state index contributed by atoms with van der Waals surface area (Å²) in [6.45, 7) is 4.13. The zero-order valence-corrected chi connectivity index (χ0v) is 36.7. The van der Waals surface area contributed by atoms with E-state index in [1.54, 1.807) is 0 Å². The van der Waals surface area contributed by atoms with Crippen LogP contribution < -0.4 is 0 Å². The van der Waals surface area contributed by atoms with Crippen LogP contribution in [0.3, 0.4) is 0 Å². The second-order valence-corrected chi connectivity index (χ2v) is 16.9. The zero-order chi connectivity index (χ0) is 42.7. The molecule has 1 aliphatic rings. The summed E-state index contributed by atoms with van der Waals surface area (Å²) in [7, 11) is -5.02. The lowest BCUT2D eigenvalue weighted by Crippen LogP contribution is -2.64. The molecule has 1 fully saturated rings. The van der Waals surface area contributed by atoms with E-state index in [0.29, 0.717) is 13.0 Å². The molecule has 1 aliphatic carbocycles. The number of esters is 1. The van der Waals surface area contributed by atoms with Gasteiger partial charge in [-0.2, -0.15) is 0 Å². The molecule has 0 saturated heterocycles. The molecule has 0 bridgehead atoms. The summed E-state index contributed by atoms with van der Waals surface area (Å²) in [6.07, 6.45) is 30.3. The van der Waals surface area contributed by atoms with E-state index in [2.05, 4.69) is 62.5 Å². The number of carbonyl (C=O) groups is 1. The highest BCUT2D eigenvalue weighted by molar-refractivity contribution is 7.47. The van der Waals surface area contributed by atoms with Gasteiger partial charge in [0, 0.05) is 13.0 Å². The fourth-order valence-electron chi connectivity index (χ4n) is 6.54. The molecule has 6 atom stereocenters. The van der Waals surface area contributed by atoms with Gasteiger partial charge in [-0.15, -0.1) is 0 Å². The lowest BCUT2D eigenvalue weighted by atomic mass is 9.85. The van der Waals surface area contributed by atoms with Crippen LogP contribution in [0.4, 0.5) is 0 Å². The predicted octanol–water partition coefficient (Wildman–Crippen LogP) is 8.86. The molecule has 0 aromatic heterocycles. The molecule has 12 nitrogen and oxygen atoms in total. The van der Waals surface area contributed by atoms with Gasteiger partial charge in [-0.05, 0) is 70.6 Å². The Hall–Kier alpha value is -1.70. The van der Waals surface area contributed by atoms with Crippen molar-refractivity contribution in [3.63, 3.8) is 0 Å². The number of aliphatic hydroxyl groups excluding tert-OH is 5. The number of ether oxygens (including phenoxy) is 2. The number of hydrogen-bond donors (Lipinski definition) is 6. The highest BCUT2D eigenvalue weighted by atomic mass is 31.2. The third-order valence-corrected chi connectivity index (χ3v) is 11.1. The Labute approximate surface area is 350 Å². The van der Waals surface area contributed by atoms with Gasteiger partial charge in [-0.25, -0.2) is 4.57 Å². The van der Waals surface area contributed by atoms with Crippen LogP contribution >= 0.6 is 7.82 Å². The smallest absolute Gasteiger partial charge is 0.457 e. The van der Waals surface area contributed by atoms with Crippen LogP contribution in [0.15, 0.2) is 48.6 Å². The summed E-state index contributed by atoms with van der Waals surface area (Å²) in [5.74, 6) is -0.491. The quantitative estimate of drug-likeness (QED) is 0.0151. The van der Waals surface area contributed by atoms with Crippen LogP contribution in [0, 0.1) is 0 Å². The fraction of sp³-hybridized carbons (Fsp3) is 0.800. The molecule has 6 N–H and O–H groups in total. The zero-order valence-electron chi connectivity index (χ0n) is 35.8. The Morgan fingerprint density at radius 2 is 1.00 bits per heavy atom. The van der Waals surface area contributed by atoms with Crippen molar-refractivity contribution in [2.24, 2.45) is 0 Å². The number of phosphoric ester groups is 1. The predicted molar refractivity (Wildman–Crippen MR) is 230 cm³/mol. The summed E-state index contributed by atoms with van der Waals surface area (Å²) >= 11 is 0. The Balaban J connectivity index is 2.42. The van der Waals surface area contributed by atoms with Crippen LogP contribution in [-0.2, 0) is 27.9 Å². The number of carbonyl (C=O) groups excluding carboxylic acids is 1. The minimum Gasteiger partial charge on any atom is -0.457 e. The standard InChI is InChI=1S/C45H81O12P/c1-3-5-7-9-11-13-15-17-19-20-21-22-24-26-28-30-32-34-39(46)56-38(36-54-35-33-31-29-27-25-23-18-16-14-12-10-8-6-4-2)37-55-58(52,53)57-45-43(50)41(48)40(47)42(49)44(45)51/h8,10-11,13-14,16-17,19,38,40-45,47-51H,3-7,9,12,15,18,20-37H2,1-2H3,(H,52,53)/b10-8-,13-11-,16-14-,19-17-. The van der Waals surface area contributed by atoms with E-state index >= 15 is 0 Å². The highest BCUT2D eigenvalue weighted by Crippen LogP contribution is 2.47. The van der Waals surface area contributed by atoms with E-state index in [0.717, 1.165) is 89.9 Å². The van der Waals surface area contributed by atoms with Crippen molar-refractivity contribution in [2.45, 2.75) is 211 Å². The van der Waals surface area contributed by atoms with Gasteiger partial charge in [0.15, 0.2) is 0 Å². The maximum absolute atomic E-state index is 12.8. The molecule has 0 spiro atoms. The molecule has 0 aromatic carbocycles. The first-order valence-electron chi connectivity index (χ1n) is 22.5. The summed E-state index contributed by atoms with van der Waals surface area (Å²) in [5.41, 5.74) is 0. The largest absolute Gasteiger partial charge is 0.472 e. The Morgan fingerprint density at radius 3 is 1.52 bits per heavy atom. The monoisotopic (exact) mass is 845 g/mol. The molecule has 58 heavy (non-hydrogen) atoms. The van der Waals surface area contributed by atoms with E-state index in [-0.39, 0.29) is 13.0 Å². The number of unbranched alkanes of at least 4 members (excludes halogenated alkanes) is 17. The van der Waals surface area contributed by atoms with Crippen LogP contribution in [0.2, 0.25) is 0 Å². The number of aliphatic hydroxyl groups is 5. The second kappa shape index (κ2) is 36.0. The van der Waals surface area contributed by atoms with Gasteiger partial charge in [0.1, 0.15) is 42.7 Å². The number of hydrogen-bond acceptors (Lipinski definition) is 11. The van der Waals surface area contributed by atoms with Crippen LogP contribution in [0.1, 0.15) is 168 Å². The molecule has 0 aromatic rings. The maximum Gasteiger partial charge on any atom is 0.472 e. The molecule has 0 radical (unpaired) electrons. The highest BCUT2D eigenvalue weighted by Gasteiger charge is 2.51. The lowest BCUT2D eigenvalue weighted by molar-refractivity contribution is -0.220. The number of rotatable bonds is 37. The van der Waals surface area contributed by atoms with E-state index < -0.39 is 63.1 Å². The average molecular weight is 845 g/mol. The molecular formula is C45H81O12P. The summed E-state index contributed by atoms with van der Waals surface area (Å²) in [4.78, 5) is 23.1. The molecule has 0 aliphatic heterocycles. The molecular weight excluding hydrogens is 763 g/mol. The normalized spacial score (nSPS) is 23.1. The van der Waals surface area contributed by atoms with Gasteiger partial charge in [0.25, 0.3) is 0 Å². The second-order valence-electron chi connectivity index (χ2n) is 15.5. The van der Waals surface area contributed by atoms with E-state index in [4.69, 9.17) is 18.5 Å².